The number of aromatic nitrogens is 4. The van der Waals surface area contributed by atoms with Crippen molar-refractivity contribution in [1.29, 1.82) is 0 Å². The molecule has 0 unspecified atom stereocenters. The van der Waals surface area contributed by atoms with Gasteiger partial charge in [0.1, 0.15) is 16.8 Å². The number of methoxy groups -OCH3 is 1. The second-order valence-electron chi connectivity index (χ2n) is 12.5. The van der Waals surface area contributed by atoms with Crippen molar-refractivity contribution in [2.45, 2.75) is 71.5 Å². The van der Waals surface area contributed by atoms with Gasteiger partial charge in [-0.25, -0.2) is 4.98 Å². The number of anilines is 2. The van der Waals surface area contributed by atoms with Gasteiger partial charge in [0.05, 0.1) is 19.3 Å². The fraction of sp³-hybridized carbons (Fsp3) is 0.361. The lowest BCUT2D eigenvalue weighted by molar-refractivity contribution is 0.281. The van der Waals surface area contributed by atoms with Crippen LogP contribution in [0.3, 0.4) is 0 Å². The molecule has 45 heavy (non-hydrogen) atoms. The number of nitrogens with one attached hydrogen (secondary N) is 1. The molecule has 0 aliphatic heterocycles. The number of rotatable bonds is 13. The predicted molar refractivity (Wildman–Crippen MR) is 186 cm³/mol. The summed E-state index contributed by atoms with van der Waals surface area (Å²) >= 11 is 0. The molecule has 2 heterocycles. The van der Waals surface area contributed by atoms with E-state index in [4.69, 9.17) is 25.0 Å². The monoisotopic (exact) mass is 621 g/mol. The molecule has 235 valence electrons. The van der Waals surface area contributed by atoms with Crippen molar-refractivity contribution in [3.8, 4) is 5.75 Å². The summed E-state index contributed by atoms with van der Waals surface area (Å²) in [5.41, 5.74) is 9.56. The number of hydrogen-bond acceptors (Lipinski definition) is 7. The van der Waals surface area contributed by atoms with Gasteiger partial charge >= 0.3 is 0 Å². The Bertz CT molecular complexity index is 1660. The topological polar surface area (TPSA) is 100 Å². The normalized spacial score (nSPS) is 12.8. The van der Waals surface area contributed by atoms with Gasteiger partial charge in [0, 0.05) is 18.2 Å². The molecule has 3 aromatic carbocycles. The molecular formula is C36H45N6O2Si. The van der Waals surface area contributed by atoms with Gasteiger partial charge in [-0.05, 0) is 53.4 Å². The SMILES string of the molecule is CCC[C@@H](CCO[Si](c1ccccc1)(c1ccccc1)C(C)(C)C)Nc1nc(N)nc2c(C)nn(Cc3c[c]ccc3OC)c12. The molecule has 0 aliphatic rings. The van der Waals surface area contributed by atoms with Gasteiger partial charge in [-0.15, -0.1) is 0 Å². The zero-order valence-corrected chi connectivity index (χ0v) is 28.3. The minimum Gasteiger partial charge on any atom is -0.496 e. The van der Waals surface area contributed by atoms with Gasteiger partial charge < -0.3 is 20.2 Å². The van der Waals surface area contributed by atoms with Crippen molar-refractivity contribution in [3.05, 3.63) is 96.2 Å². The number of nitrogens with two attached hydrogens (primary N) is 1. The summed E-state index contributed by atoms with van der Waals surface area (Å²) in [6.07, 6.45) is 2.76. The van der Waals surface area contributed by atoms with E-state index in [0.29, 0.717) is 19.0 Å². The lowest BCUT2D eigenvalue weighted by Gasteiger charge is -2.43. The Hall–Kier alpha value is -4.21. The number of nitrogens with zero attached hydrogens (tertiary/aromatic N) is 4. The van der Waals surface area contributed by atoms with E-state index in [1.807, 2.05) is 29.8 Å². The van der Waals surface area contributed by atoms with Crippen LogP contribution in [0, 0.1) is 13.0 Å². The third kappa shape index (κ3) is 6.74. The third-order valence-electron chi connectivity index (χ3n) is 8.40. The first-order chi connectivity index (χ1) is 21.7. The van der Waals surface area contributed by atoms with Crippen molar-refractivity contribution in [1.82, 2.24) is 19.7 Å². The number of benzene rings is 3. The highest BCUT2D eigenvalue weighted by molar-refractivity contribution is 6.99. The smallest absolute Gasteiger partial charge is 0.261 e. The second-order valence-corrected chi connectivity index (χ2v) is 16.8. The van der Waals surface area contributed by atoms with Crippen LogP contribution in [-0.2, 0) is 11.0 Å². The van der Waals surface area contributed by atoms with Crippen LogP contribution in [0.25, 0.3) is 11.0 Å². The van der Waals surface area contributed by atoms with Crippen LogP contribution in [0.4, 0.5) is 11.8 Å². The molecule has 9 heteroatoms. The summed E-state index contributed by atoms with van der Waals surface area (Å²) in [4.78, 5) is 9.26. The van der Waals surface area contributed by atoms with Gasteiger partial charge in [0.15, 0.2) is 5.82 Å². The fourth-order valence-corrected chi connectivity index (χ4v) is 10.9. The van der Waals surface area contributed by atoms with Crippen molar-refractivity contribution in [2.75, 3.05) is 24.8 Å². The Balaban J connectivity index is 1.46. The zero-order valence-electron chi connectivity index (χ0n) is 27.3. The van der Waals surface area contributed by atoms with Crippen LogP contribution >= 0.6 is 0 Å². The van der Waals surface area contributed by atoms with Gasteiger partial charge in [0.2, 0.25) is 5.95 Å². The quantitative estimate of drug-likeness (QED) is 0.153. The summed E-state index contributed by atoms with van der Waals surface area (Å²) in [6, 6.07) is 30.5. The maximum Gasteiger partial charge on any atom is 0.261 e. The van der Waals surface area contributed by atoms with Gasteiger partial charge in [-0.2, -0.15) is 10.1 Å². The van der Waals surface area contributed by atoms with Gasteiger partial charge in [-0.1, -0.05) is 101 Å². The first-order valence-corrected chi connectivity index (χ1v) is 17.6. The summed E-state index contributed by atoms with van der Waals surface area (Å²) in [5, 5.41) is 11.0. The molecule has 5 aromatic rings. The molecule has 0 amide bonds. The van der Waals surface area contributed by atoms with Crippen molar-refractivity contribution < 1.29 is 9.16 Å². The minimum atomic E-state index is -2.64. The van der Waals surface area contributed by atoms with E-state index in [0.717, 1.165) is 47.3 Å². The van der Waals surface area contributed by atoms with E-state index in [2.05, 4.69) is 105 Å². The van der Waals surface area contributed by atoms with E-state index in [-0.39, 0.29) is 17.0 Å². The van der Waals surface area contributed by atoms with E-state index in [1.165, 1.54) is 10.4 Å². The van der Waals surface area contributed by atoms with E-state index in [9.17, 15) is 0 Å². The first kappa shape index (κ1) is 32.2. The average Bonchev–Trinajstić information content (AvgIpc) is 3.34. The third-order valence-corrected chi connectivity index (χ3v) is 13.4. The summed E-state index contributed by atoms with van der Waals surface area (Å²) < 4.78 is 14.8. The van der Waals surface area contributed by atoms with E-state index in [1.54, 1.807) is 7.11 Å². The van der Waals surface area contributed by atoms with Crippen molar-refractivity contribution in [3.63, 3.8) is 0 Å². The largest absolute Gasteiger partial charge is 0.496 e. The highest BCUT2D eigenvalue weighted by Crippen LogP contribution is 2.37. The van der Waals surface area contributed by atoms with Crippen LogP contribution in [0.2, 0.25) is 5.04 Å². The van der Waals surface area contributed by atoms with Crippen LogP contribution in [-0.4, -0.2) is 47.8 Å². The molecule has 5 rings (SSSR count). The highest BCUT2D eigenvalue weighted by Gasteiger charge is 2.50. The first-order valence-electron chi connectivity index (χ1n) is 15.7. The molecule has 2 aromatic heterocycles. The van der Waals surface area contributed by atoms with Gasteiger partial charge in [0.25, 0.3) is 8.32 Å². The molecule has 0 bridgehead atoms. The Morgan fingerprint density at radius 2 is 1.64 bits per heavy atom. The van der Waals surface area contributed by atoms with Crippen molar-refractivity contribution >= 4 is 41.5 Å². The molecule has 0 fully saturated rings. The minimum absolute atomic E-state index is 0.0867. The standard InChI is InChI=1S/C36H45N6O2Si/c1-7-16-28(23-24-44-45(36(3,4)5,29-18-10-8-11-19-29)30-20-12-9-13-21-30)38-34-33-32(39-35(37)40-34)26(2)41-42(33)25-27-17-14-15-22-31(27)43-6/h8-13,15,17-22,28H,7,16,23-25H2,1-6H3,(H3,37,38,39,40)/t28-/m0/s1. The lowest BCUT2D eigenvalue weighted by Crippen LogP contribution is -2.66. The van der Waals surface area contributed by atoms with Gasteiger partial charge in [-0.3, -0.25) is 4.68 Å². The molecular weight excluding hydrogens is 577 g/mol. The number of hydrogen-bond donors (Lipinski definition) is 2. The second kappa shape index (κ2) is 13.8. The number of nitrogen functional groups attached to an aromatic ring is 1. The molecule has 1 radical (unpaired) electrons. The predicted octanol–water partition coefficient (Wildman–Crippen LogP) is 6.12. The number of aryl methyl sites for hydroxylation is 1. The summed E-state index contributed by atoms with van der Waals surface area (Å²) in [7, 11) is -0.971. The van der Waals surface area contributed by atoms with E-state index < -0.39 is 8.32 Å². The molecule has 0 spiro atoms. The molecule has 0 saturated heterocycles. The lowest BCUT2D eigenvalue weighted by atomic mass is 10.1. The molecule has 0 saturated carbocycles. The zero-order chi connectivity index (χ0) is 32.0. The number of fused-ring (bicyclic) bond motifs is 1. The average molecular weight is 622 g/mol. The maximum atomic E-state index is 7.23. The molecule has 3 N–H and O–H groups in total. The summed E-state index contributed by atoms with van der Waals surface area (Å²) in [5.74, 6) is 1.68. The molecule has 1 atom stereocenters. The fourth-order valence-electron chi connectivity index (χ4n) is 6.34. The van der Waals surface area contributed by atoms with Crippen molar-refractivity contribution in [2.24, 2.45) is 0 Å². The highest BCUT2D eigenvalue weighted by atomic mass is 28.4. The Labute approximate surface area is 268 Å². The summed E-state index contributed by atoms with van der Waals surface area (Å²) in [6.45, 7) is 12.2. The Morgan fingerprint density at radius 3 is 2.24 bits per heavy atom. The van der Waals surface area contributed by atoms with Crippen LogP contribution in [0.5, 0.6) is 5.75 Å². The number of ether oxygens (including phenoxy) is 1. The Kier molecular flexibility index (Phi) is 9.89. The maximum absolute atomic E-state index is 7.23. The van der Waals surface area contributed by atoms with Crippen LogP contribution in [0.15, 0.2) is 78.9 Å². The molecule has 8 nitrogen and oxygen atoms in total. The van der Waals surface area contributed by atoms with Crippen LogP contribution < -0.4 is 26.2 Å². The van der Waals surface area contributed by atoms with Crippen LogP contribution in [0.1, 0.15) is 58.2 Å². The van der Waals surface area contributed by atoms with E-state index >= 15 is 0 Å². The molecule has 0 aliphatic carbocycles. The Morgan fingerprint density at radius 1 is 0.978 bits per heavy atom.